The Kier molecular flexibility index (Phi) is 6.63. The molecule has 0 radical (unpaired) electrons. The summed E-state index contributed by atoms with van der Waals surface area (Å²) in [4.78, 5) is 19.5. The zero-order chi connectivity index (χ0) is 24.3. The van der Waals surface area contributed by atoms with Crippen LogP contribution in [0.15, 0.2) is 83.9 Å². The van der Waals surface area contributed by atoms with Crippen LogP contribution in [0.1, 0.15) is 49.5 Å². The molecule has 2 atom stereocenters. The van der Waals surface area contributed by atoms with E-state index >= 15 is 0 Å². The lowest BCUT2D eigenvalue weighted by molar-refractivity contribution is 0.0320. The van der Waals surface area contributed by atoms with Crippen molar-refractivity contribution in [2.45, 2.75) is 45.0 Å². The van der Waals surface area contributed by atoms with E-state index in [-0.39, 0.29) is 18.5 Å². The van der Waals surface area contributed by atoms with Crippen LogP contribution in [0.5, 0.6) is 0 Å². The molecular weight excluding hydrogens is 436 g/mol. The van der Waals surface area contributed by atoms with E-state index in [1.54, 1.807) is 20.8 Å². The largest absolute Gasteiger partial charge is 0.443 e. The van der Waals surface area contributed by atoms with Crippen LogP contribution in [0.3, 0.4) is 0 Å². The molecule has 1 N–H and O–H groups in total. The molecule has 1 aliphatic rings. The lowest BCUT2D eigenvalue weighted by Gasteiger charge is -2.29. The van der Waals surface area contributed by atoms with Crippen LogP contribution in [0.2, 0.25) is 0 Å². The molecule has 0 saturated carbocycles. The van der Waals surface area contributed by atoms with Gasteiger partial charge in [0.15, 0.2) is 0 Å². The van der Waals surface area contributed by atoms with Crippen molar-refractivity contribution in [3.05, 3.63) is 107 Å². The first-order chi connectivity index (χ1) is 16.2. The summed E-state index contributed by atoms with van der Waals surface area (Å²) in [5, 5.41) is 3.36. The van der Waals surface area contributed by atoms with Crippen molar-refractivity contribution in [1.82, 2.24) is 10.2 Å². The smallest absolute Gasteiger partial charge is 0.417 e. The molecule has 2 unspecified atom stereocenters. The summed E-state index contributed by atoms with van der Waals surface area (Å²) in [7, 11) is 0. The van der Waals surface area contributed by atoms with Crippen molar-refractivity contribution in [2.75, 3.05) is 0 Å². The van der Waals surface area contributed by atoms with Crippen molar-refractivity contribution in [2.24, 2.45) is 4.99 Å². The molecule has 0 aliphatic carbocycles. The monoisotopic (exact) mass is 463 g/mol. The van der Waals surface area contributed by atoms with Crippen LogP contribution in [-0.4, -0.2) is 22.6 Å². The number of aliphatic imine (C=N–C) groups is 1. The van der Waals surface area contributed by atoms with Gasteiger partial charge in [-0.25, -0.2) is 23.5 Å². The molecule has 4 rings (SSSR count). The normalized spacial score (nSPS) is 19.2. The van der Waals surface area contributed by atoms with Crippen molar-refractivity contribution in [3.8, 4) is 0 Å². The molecule has 176 valence electrons. The summed E-state index contributed by atoms with van der Waals surface area (Å²) in [5.74, 6) is -1.08. The van der Waals surface area contributed by atoms with Crippen LogP contribution in [0.25, 0.3) is 0 Å². The maximum Gasteiger partial charge on any atom is 0.417 e. The summed E-state index contributed by atoms with van der Waals surface area (Å²) in [6.07, 6.45) is -0.559. The standard InChI is InChI=1S/C27H27F2N3O2/c1-27(2,3)34-26(33)32-24(20-12-8-5-9-13-20)23(19-10-6-4-7-11-19)31-25(32)30-17-18-14-21(28)16-22(29)15-18/h4-16,23-24H,17H2,1-3H3,(H,30,31). The minimum Gasteiger partial charge on any atom is -0.443 e. The van der Waals surface area contributed by atoms with E-state index < -0.39 is 29.4 Å². The number of amides is 1. The van der Waals surface area contributed by atoms with Gasteiger partial charge in [-0.3, -0.25) is 0 Å². The van der Waals surface area contributed by atoms with E-state index in [9.17, 15) is 13.6 Å². The Bertz CT molecular complexity index is 1160. The molecular formula is C27H27F2N3O2. The molecule has 1 saturated heterocycles. The topological polar surface area (TPSA) is 53.9 Å². The second-order valence-corrected chi connectivity index (χ2v) is 9.16. The van der Waals surface area contributed by atoms with Crippen LogP contribution >= 0.6 is 0 Å². The molecule has 1 heterocycles. The molecule has 0 aromatic heterocycles. The number of halogens is 2. The number of nitrogens with zero attached hydrogens (tertiary/aromatic N) is 2. The molecule has 1 aliphatic heterocycles. The second kappa shape index (κ2) is 9.63. The van der Waals surface area contributed by atoms with Gasteiger partial charge in [-0.1, -0.05) is 60.7 Å². The lowest BCUT2D eigenvalue weighted by atomic mass is 9.94. The molecule has 5 nitrogen and oxygen atoms in total. The third-order valence-corrected chi connectivity index (χ3v) is 5.33. The van der Waals surface area contributed by atoms with E-state index in [2.05, 4.69) is 10.3 Å². The third-order valence-electron chi connectivity index (χ3n) is 5.33. The fourth-order valence-corrected chi connectivity index (χ4v) is 3.99. The quantitative estimate of drug-likeness (QED) is 0.505. The van der Waals surface area contributed by atoms with Gasteiger partial charge >= 0.3 is 6.09 Å². The third kappa shape index (κ3) is 5.42. The van der Waals surface area contributed by atoms with Gasteiger partial charge < -0.3 is 10.1 Å². The van der Waals surface area contributed by atoms with Crippen molar-refractivity contribution < 1.29 is 18.3 Å². The van der Waals surface area contributed by atoms with Crippen molar-refractivity contribution in [3.63, 3.8) is 0 Å². The van der Waals surface area contributed by atoms with Gasteiger partial charge in [-0.05, 0) is 49.6 Å². The lowest BCUT2D eigenvalue weighted by Crippen LogP contribution is -2.41. The predicted octanol–water partition coefficient (Wildman–Crippen LogP) is 6.14. The average Bonchev–Trinajstić information content (AvgIpc) is 3.17. The maximum absolute atomic E-state index is 13.7. The Hall–Kier alpha value is -3.74. The highest BCUT2D eigenvalue weighted by atomic mass is 19.1. The Morgan fingerprint density at radius 1 is 0.941 bits per heavy atom. The number of rotatable bonds is 4. The first kappa shape index (κ1) is 23.4. The molecule has 34 heavy (non-hydrogen) atoms. The molecule has 0 spiro atoms. The summed E-state index contributed by atoms with van der Waals surface area (Å²) in [6.45, 7) is 5.38. The van der Waals surface area contributed by atoms with Crippen LogP contribution < -0.4 is 5.32 Å². The van der Waals surface area contributed by atoms with E-state index in [0.717, 1.165) is 17.2 Å². The summed E-state index contributed by atoms with van der Waals surface area (Å²) in [5.41, 5.74) is 1.50. The highest BCUT2D eigenvalue weighted by molar-refractivity contribution is 5.97. The number of benzene rings is 3. The fourth-order valence-electron chi connectivity index (χ4n) is 3.99. The maximum atomic E-state index is 13.7. The van der Waals surface area contributed by atoms with Gasteiger partial charge in [0.05, 0.1) is 18.6 Å². The van der Waals surface area contributed by atoms with Crippen LogP contribution in [-0.2, 0) is 11.3 Å². The van der Waals surface area contributed by atoms with Gasteiger partial charge in [-0.2, -0.15) is 0 Å². The van der Waals surface area contributed by atoms with E-state index in [1.807, 2.05) is 60.7 Å². The molecule has 1 amide bonds. The fraction of sp³-hybridized carbons (Fsp3) is 0.259. The summed E-state index contributed by atoms with van der Waals surface area (Å²) in [6, 6.07) is 21.9. The van der Waals surface area contributed by atoms with Crippen molar-refractivity contribution in [1.29, 1.82) is 0 Å². The van der Waals surface area contributed by atoms with E-state index in [0.29, 0.717) is 5.56 Å². The molecule has 7 heteroatoms. The Balaban J connectivity index is 1.78. The minimum absolute atomic E-state index is 0.0146. The van der Waals surface area contributed by atoms with E-state index in [1.165, 1.54) is 17.0 Å². The second-order valence-electron chi connectivity index (χ2n) is 9.16. The zero-order valence-electron chi connectivity index (χ0n) is 19.3. The zero-order valence-corrected chi connectivity index (χ0v) is 19.3. The van der Waals surface area contributed by atoms with Gasteiger partial charge in [0.1, 0.15) is 17.2 Å². The Labute approximate surface area is 198 Å². The number of ether oxygens (including phenoxy) is 1. The SMILES string of the molecule is CC(C)(C)OC(=O)N1C(=NCc2cc(F)cc(F)c2)NC(c2ccccc2)C1c1ccccc1. The molecule has 0 bridgehead atoms. The van der Waals surface area contributed by atoms with Crippen LogP contribution in [0.4, 0.5) is 13.6 Å². The van der Waals surface area contributed by atoms with Crippen molar-refractivity contribution >= 4 is 12.1 Å². The first-order valence-electron chi connectivity index (χ1n) is 11.1. The molecule has 1 fully saturated rings. The Morgan fingerprint density at radius 2 is 1.50 bits per heavy atom. The summed E-state index contributed by atoms with van der Waals surface area (Å²) >= 11 is 0. The predicted molar refractivity (Wildman–Crippen MR) is 127 cm³/mol. The highest BCUT2D eigenvalue weighted by Gasteiger charge is 2.45. The first-order valence-corrected chi connectivity index (χ1v) is 11.1. The number of carbonyl (C=O) groups excluding carboxylic acids is 1. The summed E-state index contributed by atoms with van der Waals surface area (Å²) < 4.78 is 33.1. The number of hydrogen-bond donors (Lipinski definition) is 1. The van der Waals surface area contributed by atoms with Crippen LogP contribution in [0, 0.1) is 11.6 Å². The van der Waals surface area contributed by atoms with Gasteiger partial charge in [0.25, 0.3) is 0 Å². The number of carbonyl (C=O) groups is 1. The highest BCUT2D eigenvalue weighted by Crippen LogP contribution is 2.40. The average molecular weight is 464 g/mol. The molecule has 3 aromatic carbocycles. The Morgan fingerprint density at radius 3 is 2.06 bits per heavy atom. The van der Waals surface area contributed by atoms with Gasteiger partial charge in [0, 0.05) is 6.07 Å². The van der Waals surface area contributed by atoms with Gasteiger partial charge in [-0.15, -0.1) is 0 Å². The minimum atomic E-state index is -0.722. The number of nitrogens with one attached hydrogen (secondary N) is 1. The number of hydrogen-bond acceptors (Lipinski definition) is 3. The number of guanidine groups is 1. The van der Waals surface area contributed by atoms with Gasteiger partial charge in [0.2, 0.25) is 5.96 Å². The van der Waals surface area contributed by atoms with E-state index in [4.69, 9.17) is 4.74 Å². The molecule has 3 aromatic rings.